The molecule has 1 aliphatic heterocycles. The second-order valence-electron chi connectivity index (χ2n) is 2.89. The number of rotatable bonds is 2. The van der Waals surface area contributed by atoms with Gasteiger partial charge in [-0.1, -0.05) is 18.2 Å². The van der Waals surface area contributed by atoms with Crippen LogP contribution in [0, 0.1) is 0 Å². The maximum absolute atomic E-state index is 11.6. The summed E-state index contributed by atoms with van der Waals surface area (Å²) >= 11 is 0. The standard InChI is InChI=1S/C10H10N4O/c15-10(9-4-2-1-3-5-9)13-14-8-11-6-7-12-14/h1-8,12H,(H,13,15). The second kappa shape index (κ2) is 4.28. The van der Waals surface area contributed by atoms with Crippen LogP contribution in [0.3, 0.4) is 0 Å². The highest BCUT2D eigenvalue weighted by atomic mass is 16.2. The number of carbonyl (C=O) groups is 1. The molecule has 0 aromatic heterocycles. The van der Waals surface area contributed by atoms with Gasteiger partial charge in [0.25, 0.3) is 5.91 Å². The third-order valence-corrected chi connectivity index (χ3v) is 1.81. The van der Waals surface area contributed by atoms with Crippen LogP contribution in [0.25, 0.3) is 0 Å². The largest absolute Gasteiger partial charge is 0.284 e. The summed E-state index contributed by atoms with van der Waals surface area (Å²) in [6, 6.07) is 8.97. The lowest BCUT2D eigenvalue weighted by Crippen LogP contribution is -2.48. The molecule has 0 aliphatic carbocycles. The normalized spacial score (nSPS) is 13.5. The van der Waals surface area contributed by atoms with Crippen molar-refractivity contribution in [2.75, 3.05) is 0 Å². The lowest BCUT2D eigenvalue weighted by Gasteiger charge is -2.21. The van der Waals surface area contributed by atoms with Crippen molar-refractivity contribution < 1.29 is 4.79 Å². The Kier molecular flexibility index (Phi) is 2.64. The Balaban J connectivity index is 1.98. The van der Waals surface area contributed by atoms with Gasteiger partial charge < -0.3 is 0 Å². The summed E-state index contributed by atoms with van der Waals surface area (Å²) in [7, 11) is 0. The average molecular weight is 202 g/mol. The maximum Gasteiger partial charge on any atom is 0.271 e. The number of nitrogens with zero attached hydrogens (tertiary/aromatic N) is 2. The van der Waals surface area contributed by atoms with Gasteiger partial charge in [0.2, 0.25) is 0 Å². The van der Waals surface area contributed by atoms with Crippen molar-refractivity contribution in [1.82, 2.24) is 16.0 Å². The zero-order valence-corrected chi connectivity index (χ0v) is 7.92. The first-order valence-corrected chi connectivity index (χ1v) is 4.46. The molecule has 2 rings (SSSR count). The Hall–Kier alpha value is -2.30. The van der Waals surface area contributed by atoms with Gasteiger partial charge >= 0.3 is 0 Å². The average Bonchev–Trinajstić information content (AvgIpc) is 2.31. The molecule has 1 amide bonds. The smallest absolute Gasteiger partial charge is 0.271 e. The number of hydrazine groups is 2. The molecule has 0 atom stereocenters. The van der Waals surface area contributed by atoms with E-state index in [0.29, 0.717) is 5.56 Å². The fourth-order valence-corrected chi connectivity index (χ4v) is 1.12. The number of hydrogen-bond donors (Lipinski definition) is 2. The van der Waals surface area contributed by atoms with Gasteiger partial charge in [0.05, 0.1) is 0 Å². The van der Waals surface area contributed by atoms with Gasteiger partial charge in [-0.15, -0.1) is 0 Å². The molecule has 0 unspecified atom stereocenters. The van der Waals surface area contributed by atoms with Crippen LogP contribution in [-0.4, -0.2) is 17.4 Å². The van der Waals surface area contributed by atoms with E-state index in [-0.39, 0.29) is 5.91 Å². The third kappa shape index (κ3) is 2.34. The number of amides is 1. The van der Waals surface area contributed by atoms with Crippen LogP contribution in [0.15, 0.2) is 47.7 Å². The summed E-state index contributed by atoms with van der Waals surface area (Å²) < 4.78 is 0. The molecule has 76 valence electrons. The van der Waals surface area contributed by atoms with Crippen molar-refractivity contribution >= 4 is 12.2 Å². The molecule has 0 saturated carbocycles. The van der Waals surface area contributed by atoms with Crippen LogP contribution in [0.5, 0.6) is 0 Å². The molecule has 15 heavy (non-hydrogen) atoms. The molecular weight excluding hydrogens is 192 g/mol. The molecule has 0 fully saturated rings. The van der Waals surface area contributed by atoms with Gasteiger partial charge in [0, 0.05) is 18.0 Å². The van der Waals surface area contributed by atoms with Gasteiger partial charge in [-0.3, -0.25) is 10.2 Å². The first-order valence-electron chi connectivity index (χ1n) is 4.46. The van der Waals surface area contributed by atoms with Crippen LogP contribution in [0.1, 0.15) is 10.4 Å². The summed E-state index contributed by atoms with van der Waals surface area (Å²) in [5.74, 6) is -0.190. The molecule has 1 aromatic carbocycles. The van der Waals surface area contributed by atoms with Gasteiger partial charge in [-0.05, 0) is 12.1 Å². The van der Waals surface area contributed by atoms with Crippen molar-refractivity contribution in [3.63, 3.8) is 0 Å². The van der Waals surface area contributed by atoms with Crippen LogP contribution in [0.2, 0.25) is 0 Å². The predicted molar refractivity (Wildman–Crippen MR) is 56.5 cm³/mol. The minimum atomic E-state index is -0.190. The zero-order chi connectivity index (χ0) is 10.5. The first kappa shape index (κ1) is 9.26. The topological polar surface area (TPSA) is 56.7 Å². The van der Waals surface area contributed by atoms with Crippen molar-refractivity contribution in [3.05, 3.63) is 48.3 Å². The lowest BCUT2D eigenvalue weighted by atomic mass is 10.2. The van der Waals surface area contributed by atoms with E-state index in [1.165, 1.54) is 11.5 Å². The molecule has 5 heteroatoms. The fourth-order valence-electron chi connectivity index (χ4n) is 1.12. The lowest BCUT2D eigenvalue weighted by molar-refractivity contribution is 0.0847. The van der Waals surface area contributed by atoms with Crippen LogP contribution in [0.4, 0.5) is 0 Å². The molecule has 5 nitrogen and oxygen atoms in total. The zero-order valence-electron chi connectivity index (χ0n) is 7.92. The van der Waals surface area contributed by atoms with E-state index in [9.17, 15) is 4.79 Å². The van der Waals surface area contributed by atoms with Crippen LogP contribution < -0.4 is 10.9 Å². The highest BCUT2D eigenvalue weighted by Gasteiger charge is 2.07. The molecular formula is C10H10N4O. The van der Waals surface area contributed by atoms with E-state index in [1.807, 2.05) is 18.2 Å². The Morgan fingerprint density at radius 2 is 2.13 bits per heavy atom. The van der Waals surface area contributed by atoms with Crippen molar-refractivity contribution in [2.24, 2.45) is 4.99 Å². The van der Waals surface area contributed by atoms with E-state index in [4.69, 9.17) is 0 Å². The number of carbonyl (C=O) groups excluding carboxylic acids is 1. The molecule has 2 N–H and O–H groups in total. The Morgan fingerprint density at radius 1 is 1.33 bits per heavy atom. The molecule has 0 bridgehead atoms. The molecule has 0 spiro atoms. The monoisotopic (exact) mass is 202 g/mol. The summed E-state index contributed by atoms with van der Waals surface area (Å²) in [4.78, 5) is 15.5. The Bertz CT molecular complexity index is 399. The van der Waals surface area contributed by atoms with Crippen molar-refractivity contribution in [1.29, 1.82) is 0 Å². The van der Waals surface area contributed by atoms with Gasteiger partial charge in [0.15, 0.2) is 0 Å². The number of hydrogen-bond acceptors (Lipinski definition) is 4. The minimum absolute atomic E-state index is 0.190. The van der Waals surface area contributed by atoms with E-state index >= 15 is 0 Å². The number of aliphatic imine (C=N–C) groups is 1. The van der Waals surface area contributed by atoms with Crippen LogP contribution in [-0.2, 0) is 0 Å². The van der Waals surface area contributed by atoms with E-state index in [2.05, 4.69) is 15.8 Å². The molecule has 1 aliphatic rings. The van der Waals surface area contributed by atoms with E-state index in [0.717, 1.165) is 0 Å². The summed E-state index contributed by atoms with van der Waals surface area (Å²) in [6.07, 6.45) is 4.68. The van der Waals surface area contributed by atoms with Gasteiger partial charge in [0.1, 0.15) is 6.34 Å². The highest BCUT2D eigenvalue weighted by molar-refractivity contribution is 5.94. The van der Waals surface area contributed by atoms with E-state index in [1.54, 1.807) is 24.5 Å². The molecule has 0 saturated heterocycles. The van der Waals surface area contributed by atoms with E-state index < -0.39 is 0 Å². The molecule has 1 aromatic rings. The summed E-state index contributed by atoms with van der Waals surface area (Å²) in [6.45, 7) is 0. The molecule has 0 radical (unpaired) electrons. The van der Waals surface area contributed by atoms with Crippen molar-refractivity contribution in [2.45, 2.75) is 0 Å². The first-order chi connectivity index (χ1) is 7.36. The summed E-state index contributed by atoms with van der Waals surface area (Å²) in [5, 5.41) is 1.38. The fraction of sp³-hybridized carbons (Fsp3) is 0. The Morgan fingerprint density at radius 3 is 2.80 bits per heavy atom. The number of benzene rings is 1. The highest BCUT2D eigenvalue weighted by Crippen LogP contribution is 1.97. The minimum Gasteiger partial charge on any atom is -0.284 e. The third-order valence-electron chi connectivity index (χ3n) is 1.81. The predicted octanol–water partition coefficient (Wildman–Crippen LogP) is 0.651. The summed E-state index contributed by atoms with van der Waals surface area (Å²) in [5.41, 5.74) is 6.01. The quantitative estimate of drug-likeness (QED) is 0.740. The second-order valence-corrected chi connectivity index (χ2v) is 2.89. The maximum atomic E-state index is 11.6. The molecule has 1 heterocycles. The van der Waals surface area contributed by atoms with Gasteiger partial charge in [-0.2, -0.15) is 5.12 Å². The SMILES string of the molecule is O=C(NN1C=NC=CN1)c1ccccc1. The van der Waals surface area contributed by atoms with Crippen LogP contribution >= 0.6 is 0 Å². The van der Waals surface area contributed by atoms with Gasteiger partial charge in [-0.25, -0.2) is 10.4 Å². The van der Waals surface area contributed by atoms with Crippen molar-refractivity contribution in [3.8, 4) is 0 Å². The Labute approximate surface area is 87.1 Å². The number of nitrogens with one attached hydrogen (secondary N) is 2.